The van der Waals surface area contributed by atoms with Gasteiger partial charge in [0.25, 0.3) is 0 Å². The van der Waals surface area contributed by atoms with E-state index in [4.69, 9.17) is 0 Å². The highest BCUT2D eigenvalue weighted by Crippen LogP contribution is 2.27. The molecular formula is C16H24BrF2N. The molecule has 1 aromatic rings. The van der Waals surface area contributed by atoms with Crippen molar-refractivity contribution in [3.8, 4) is 0 Å². The molecule has 0 heterocycles. The van der Waals surface area contributed by atoms with Gasteiger partial charge in [-0.3, -0.25) is 0 Å². The van der Waals surface area contributed by atoms with Gasteiger partial charge >= 0.3 is 0 Å². The number of hydrogen-bond donors (Lipinski definition) is 1. The Hall–Kier alpha value is -0.480. The third-order valence-electron chi connectivity index (χ3n) is 3.46. The second-order valence-electron chi connectivity index (χ2n) is 5.10. The minimum absolute atomic E-state index is 0.107. The van der Waals surface area contributed by atoms with Crippen molar-refractivity contribution >= 4 is 15.9 Å². The second kappa shape index (κ2) is 9.46. The maximum atomic E-state index is 14.0. The van der Waals surface area contributed by atoms with Crippen LogP contribution >= 0.6 is 15.9 Å². The van der Waals surface area contributed by atoms with Gasteiger partial charge in [0.05, 0.1) is 4.47 Å². The number of halogens is 3. The molecule has 114 valence electrons. The Morgan fingerprint density at radius 3 is 2.40 bits per heavy atom. The van der Waals surface area contributed by atoms with Crippen molar-refractivity contribution in [2.75, 3.05) is 6.54 Å². The van der Waals surface area contributed by atoms with Gasteiger partial charge < -0.3 is 5.32 Å². The van der Waals surface area contributed by atoms with Crippen LogP contribution < -0.4 is 5.32 Å². The Bertz CT molecular complexity index is 410. The van der Waals surface area contributed by atoms with Crippen LogP contribution in [0.25, 0.3) is 0 Å². The van der Waals surface area contributed by atoms with Crippen molar-refractivity contribution in [1.82, 2.24) is 5.32 Å². The molecule has 0 aliphatic carbocycles. The molecule has 0 fully saturated rings. The molecule has 1 aromatic carbocycles. The maximum Gasteiger partial charge on any atom is 0.137 e. The summed E-state index contributed by atoms with van der Waals surface area (Å²) in [4.78, 5) is 0. The van der Waals surface area contributed by atoms with Crippen LogP contribution in [0.1, 0.15) is 64.0 Å². The molecular weight excluding hydrogens is 324 g/mol. The highest BCUT2D eigenvalue weighted by atomic mass is 79.9. The number of rotatable bonds is 9. The molecule has 0 amide bonds. The van der Waals surface area contributed by atoms with Gasteiger partial charge in [0, 0.05) is 11.6 Å². The van der Waals surface area contributed by atoms with E-state index in [1.54, 1.807) is 0 Å². The molecule has 0 spiro atoms. The fourth-order valence-electron chi connectivity index (χ4n) is 2.37. The normalized spacial score (nSPS) is 12.7. The van der Waals surface area contributed by atoms with Crippen molar-refractivity contribution in [2.45, 2.75) is 58.4 Å². The fourth-order valence-corrected chi connectivity index (χ4v) is 2.69. The smallest absolute Gasteiger partial charge is 0.137 e. The van der Waals surface area contributed by atoms with E-state index in [-0.39, 0.29) is 16.3 Å². The van der Waals surface area contributed by atoms with E-state index in [2.05, 4.69) is 28.2 Å². The summed E-state index contributed by atoms with van der Waals surface area (Å²) in [6.45, 7) is 4.91. The van der Waals surface area contributed by atoms with Crippen LogP contribution in [0.4, 0.5) is 8.78 Å². The maximum absolute atomic E-state index is 14.0. The SMILES string of the molecule is CCCCCCCC(NCC)c1cc(F)c(Br)cc1F. The highest BCUT2D eigenvalue weighted by molar-refractivity contribution is 9.10. The van der Waals surface area contributed by atoms with Gasteiger partial charge in [-0.2, -0.15) is 0 Å². The van der Waals surface area contributed by atoms with Gasteiger partial charge in [0.1, 0.15) is 11.6 Å². The summed E-state index contributed by atoms with van der Waals surface area (Å²) >= 11 is 3.01. The number of unbranched alkanes of at least 4 members (excludes halogenated alkanes) is 4. The molecule has 0 bridgehead atoms. The van der Waals surface area contributed by atoms with Gasteiger partial charge in [0.15, 0.2) is 0 Å². The standard InChI is InChI=1S/C16H24BrF2N/c1-3-5-6-7-8-9-16(20-4-2)12-10-15(19)13(17)11-14(12)18/h10-11,16,20H,3-9H2,1-2H3. The van der Waals surface area contributed by atoms with Crippen LogP contribution in [0.2, 0.25) is 0 Å². The van der Waals surface area contributed by atoms with Crippen molar-refractivity contribution in [3.63, 3.8) is 0 Å². The number of hydrogen-bond acceptors (Lipinski definition) is 1. The molecule has 0 aromatic heterocycles. The Labute approximate surface area is 129 Å². The minimum atomic E-state index is -0.407. The summed E-state index contributed by atoms with van der Waals surface area (Å²) in [5, 5.41) is 3.26. The van der Waals surface area contributed by atoms with Crippen LogP contribution in [-0.4, -0.2) is 6.54 Å². The lowest BCUT2D eigenvalue weighted by molar-refractivity contribution is 0.454. The van der Waals surface area contributed by atoms with E-state index in [1.807, 2.05) is 6.92 Å². The van der Waals surface area contributed by atoms with E-state index in [9.17, 15) is 8.78 Å². The van der Waals surface area contributed by atoms with Crippen LogP contribution in [0.3, 0.4) is 0 Å². The first kappa shape index (κ1) is 17.6. The molecule has 4 heteroatoms. The van der Waals surface area contributed by atoms with Crippen LogP contribution in [0, 0.1) is 11.6 Å². The third kappa shape index (κ3) is 5.49. The van der Waals surface area contributed by atoms with E-state index in [1.165, 1.54) is 31.4 Å². The van der Waals surface area contributed by atoms with Crippen molar-refractivity contribution in [1.29, 1.82) is 0 Å². The first-order valence-corrected chi connectivity index (χ1v) is 8.27. The third-order valence-corrected chi connectivity index (χ3v) is 4.07. The average Bonchev–Trinajstić information content (AvgIpc) is 2.41. The molecule has 1 unspecified atom stereocenters. The van der Waals surface area contributed by atoms with Crippen molar-refractivity contribution in [3.05, 3.63) is 33.8 Å². The van der Waals surface area contributed by atoms with Crippen LogP contribution in [0.5, 0.6) is 0 Å². The second-order valence-corrected chi connectivity index (χ2v) is 5.96. The van der Waals surface area contributed by atoms with Gasteiger partial charge in [-0.15, -0.1) is 0 Å². The lowest BCUT2D eigenvalue weighted by atomic mass is 9.99. The van der Waals surface area contributed by atoms with Gasteiger partial charge in [0.2, 0.25) is 0 Å². The summed E-state index contributed by atoms with van der Waals surface area (Å²) < 4.78 is 27.8. The molecule has 1 atom stereocenters. The average molecular weight is 348 g/mol. The zero-order valence-corrected chi connectivity index (χ0v) is 13.9. The van der Waals surface area contributed by atoms with E-state index < -0.39 is 5.82 Å². The van der Waals surface area contributed by atoms with Crippen LogP contribution in [-0.2, 0) is 0 Å². The molecule has 0 aliphatic rings. The minimum Gasteiger partial charge on any atom is -0.310 e. The summed E-state index contributed by atoms with van der Waals surface area (Å²) in [5.74, 6) is -0.756. The van der Waals surface area contributed by atoms with E-state index in [0.717, 1.165) is 25.8 Å². The molecule has 1 N–H and O–H groups in total. The van der Waals surface area contributed by atoms with Gasteiger partial charge in [-0.05, 0) is 41.0 Å². The largest absolute Gasteiger partial charge is 0.310 e. The zero-order valence-electron chi connectivity index (χ0n) is 12.3. The molecule has 1 rings (SSSR count). The molecule has 0 aliphatic heterocycles. The molecule has 0 radical (unpaired) electrons. The predicted octanol–water partition coefficient (Wildman–Crippen LogP) is 5.74. The molecule has 1 nitrogen and oxygen atoms in total. The predicted molar refractivity (Wildman–Crippen MR) is 83.9 cm³/mol. The van der Waals surface area contributed by atoms with E-state index in [0.29, 0.717) is 5.56 Å². The Kier molecular flexibility index (Phi) is 8.31. The Morgan fingerprint density at radius 2 is 1.75 bits per heavy atom. The lowest BCUT2D eigenvalue weighted by Gasteiger charge is -2.19. The highest BCUT2D eigenvalue weighted by Gasteiger charge is 2.17. The quantitative estimate of drug-likeness (QED) is 0.443. The first-order valence-electron chi connectivity index (χ1n) is 7.48. The van der Waals surface area contributed by atoms with Gasteiger partial charge in [-0.25, -0.2) is 8.78 Å². The topological polar surface area (TPSA) is 12.0 Å². The van der Waals surface area contributed by atoms with E-state index >= 15 is 0 Å². The summed E-state index contributed by atoms with van der Waals surface area (Å²) in [6.07, 6.45) is 6.70. The van der Waals surface area contributed by atoms with Crippen molar-refractivity contribution in [2.24, 2.45) is 0 Å². The first-order chi connectivity index (χ1) is 9.60. The Morgan fingerprint density at radius 1 is 1.05 bits per heavy atom. The zero-order chi connectivity index (χ0) is 15.0. The summed E-state index contributed by atoms with van der Waals surface area (Å²) in [6, 6.07) is 2.41. The molecule has 20 heavy (non-hydrogen) atoms. The monoisotopic (exact) mass is 347 g/mol. The van der Waals surface area contributed by atoms with Crippen LogP contribution in [0.15, 0.2) is 16.6 Å². The number of nitrogens with one attached hydrogen (secondary N) is 1. The summed E-state index contributed by atoms with van der Waals surface area (Å²) in [5.41, 5.74) is 0.433. The molecule has 0 saturated heterocycles. The van der Waals surface area contributed by atoms with Crippen molar-refractivity contribution < 1.29 is 8.78 Å². The summed E-state index contributed by atoms with van der Waals surface area (Å²) in [7, 11) is 0. The number of benzene rings is 1. The molecule has 0 saturated carbocycles. The fraction of sp³-hybridized carbons (Fsp3) is 0.625. The lowest BCUT2D eigenvalue weighted by Crippen LogP contribution is -2.22. The Balaban J connectivity index is 2.67. The van der Waals surface area contributed by atoms with Gasteiger partial charge in [-0.1, -0.05) is 46.0 Å².